The van der Waals surface area contributed by atoms with Gasteiger partial charge in [-0.05, 0) is 25.7 Å². The molecule has 0 N–H and O–H groups in total. The van der Waals surface area contributed by atoms with E-state index in [1.807, 2.05) is 4.90 Å². The van der Waals surface area contributed by atoms with E-state index in [0.717, 1.165) is 12.8 Å². The number of carbonyl (C=O) groups excluding carboxylic acids is 1. The van der Waals surface area contributed by atoms with Crippen LogP contribution < -0.4 is 5.69 Å². The van der Waals surface area contributed by atoms with Gasteiger partial charge in [0.1, 0.15) is 5.69 Å². The number of imidazole rings is 1. The van der Waals surface area contributed by atoms with Gasteiger partial charge in [-0.25, -0.2) is 4.79 Å². The molecule has 20 heavy (non-hydrogen) atoms. The van der Waals surface area contributed by atoms with Crippen molar-refractivity contribution in [2.24, 2.45) is 20.0 Å². The lowest BCUT2D eigenvalue weighted by atomic mass is 9.92. The third-order valence-electron chi connectivity index (χ3n) is 4.66. The normalized spacial score (nSPS) is 26.9. The van der Waals surface area contributed by atoms with E-state index in [0.29, 0.717) is 31.4 Å². The number of aromatic nitrogens is 2. The highest BCUT2D eigenvalue weighted by Gasteiger charge is 2.49. The van der Waals surface area contributed by atoms with Gasteiger partial charge in [0.05, 0.1) is 18.8 Å². The summed E-state index contributed by atoms with van der Waals surface area (Å²) < 4.78 is 8.46. The number of nitrogens with zero attached hydrogens (tertiary/aromatic N) is 3. The first-order valence-corrected chi connectivity index (χ1v) is 7.07. The maximum absolute atomic E-state index is 12.8. The van der Waals surface area contributed by atoms with Gasteiger partial charge in [0, 0.05) is 26.8 Å². The Morgan fingerprint density at radius 2 is 2.10 bits per heavy atom. The third-order valence-corrected chi connectivity index (χ3v) is 4.66. The topological polar surface area (TPSA) is 56.5 Å². The third kappa shape index (κ3) is 1.90. The van der Waals surface area contributed by atoms with Crippen molar-refractivity contribution in [3.05, 3.63) is 22.4 Å². The molecule has 0 bridgehead atoms. The first-order valence-electron chi connectivity index (χ1n) is 7.07. The van der Waals surface area contributed by atoms with Gasteiger partial charge in [-0.2, -0.15) is 0 Å². The molecular formula is C14H21N3O3. The largest absolute Gasteiger partial charge is 0.377 e. The summed E-state index contributed by atoms with van der Waals surface area (Å²) in [5, 5.41) is 0. The van der Waals surface area contributed by atoms with Crippen molar-refractivity contribution in [2.45, 2.75) is 25.3 Å². The fourth-order valence-electron chi connectivity index (χ4n) is 3.15. The van der Waals surface area contributed by atoms with E-state index in [1.54, 1.807) is 20.3 Å². The molecule has 1 aromatic rings. The summed E-state index contributed by atoms with van der Waals surface area (Å²) in [5.41, 5.74) is 0.0438. The fourth-order valence-corrected chi connectivity index (χ4v) is 3.15. The summed E-state index contributed by atoms with van der Waals surface area (Å²) in [6.07, 6.45) is 3.92. The zero-order chi connectivity index (χ0) is 14.5. The first-order chi connectivity index (χ1) is 9.45. The molecule has 6 nitrogen and oxygen atoms in total. The van der Waals surface area contributed by atoms with Gasteiger partial charge >= 0.3 is 5.69 Å². The molecule has 0 spiro atoms. The van der Waals surface area contributed by atoms with Crippen LogP contribution in [0.2, 0.25) is 0 Å². The number of ether oxygens (including phenoxy) is 1. The van der Waals surface area contributed by atoms with Crippen molar-refractivity contribution >= 4 is 5.91 Å². The van der Waals surface area contributed by atoms with Crippen molar-refractivity contribution in [3.63, 3.8) is 0 Å². The second kappa shape index (κ2) is 4.48. The molecule has 3 rings (SSSR count). The maximum atomic E-state index is 12.8. The van der Waals surface area contributed by atoms with Crippen LogP contribution in [0.4, 0.5) is 0 Å². The lowest BCUT2D eigenvalue weighted by Crippen LogP contribution is -2.59. The molecule has 0 radical (unpaired) electrons. The number of rotatable bonds is 2. The molecule has 6 heteroatoms. The monoisotopic (exact) mass is 279 g/mol. The van der Waals surface area contributed by atoms with E-state index in [-0.39, 0.29) is 17.1 Å². The van der Waals surface area contributed by atoms with E-state index in [9.17, 15) is 9.59 Å². The minimum atomic E-state index is -0.235. The average Bonchev–Trinajstić information content (AvgIpc) is 3.24. The Kier molecular flexibility index (Phi) is 3.01. The van der Waals surface area contributed by atoms with Gasteiger partial charge in [-0.15, -0.1) is 0 Å². The van der Waals surface area contributed by atoms with Crippen molar-refractivity contribution in [1.29, 1.82) is 0 Å². The Morgan fingerprint density at radius 3 is 2.65 bits per heavy atom. The van der Waals surface area contributed by atoms with E-state index in [2.05, 4.69) is 6.92 Å². The molecule has 110 valence electrons. The quantitative estimate of drug-likeness (QED) is 0.785. The Labute approximate surface area is 117 Å². The molecule has 1 unspecified atom stereocenters. The van der Waals surface area contributed by atoms with Crippen molar-refractivity contribution in [2.75, 3.05) is 19.8 Å². The van der Waals surface area contributed by atoms with Crippen LogP contribution >= 0.6 is 0 Å². The zero-order valence-electron chi connectivity index (χ0n) is 12.3. The van der Waals surface area contributed by atoms with E-state index >= 15 is 0 Å². The van der Waals surface area contributed by atoms with Crippen LogP contribution in [0.3, 0.4) is 0 Å². The van der Waals surface area contributed by atoms with Crippen molar-refractivity contribution in [3.8, 4) is 0 Å². The Morgan fingerprint density at radius 1 is 1.40 bits per heavy atom. The zero-order valence-corrected chi connectivity index (χ0v) is 12.3. The van der Waals surface area contributed by atoms with Gasteiger partial charge < -0.3 is 14.2 Å². The molecular weight excluding hydrogens is 258 g/mol. The molecule has 1 aromatic heterocycles. The van der Waals surface area contributed by atoms with Gasteiger partial charge in [0.15, 0.2) is 0 Å². The molecule has 1 saturated heterocycles. The predicted octanol–water partition coefficient (Wildman–Crippen LogP) is 0.365. The minimum absolute atomic E-state index is 0.0668. The second-order valence-corrected chi connectivity index (χ2v) is 6.11. The predicted molar refractivity (Wildman–Crippen MR) is 73.6 cm³/mol. The van der Waals surface area contributed by atoms with Crippen LogP contribution in [0.5, 0.6) is 0 Å². The summed E-state index contributed by atoms with van der Waals surface area (Å²) in [4.78, 5) is 26.6. The summed E-state index contributed by atoms with van der Waals surface area (Å²) in [5.74, 6) is 0.454. The van der Waals surface area contributed by atoms with Gasteiger partial charge in [-0.1, -0.05) is 0 Å². The van der Waals surface area contributed by atoms with Crippen molar-refractivity contribution < 1.29 is 9.53 Å². The SMILES string of the molecule is Cn1cc(C(=O)N2CCOCC2(C)C2CC2)n(C)c1=O. The molecule has 1 atom stereocenters. The van der Waals surface area contributed by atoms with Crippen LogP contribution in [-0.4, -0.2) is 45.2 Å². The molecule has 1 amide bonds. The number of hydrogen-bond acceptors (Lipinski definition) is 3. The van der Waals surface area contributed by atoms with Crippen LogP contribution in [-0.2, 0) is 18.8 Å². The standard InChI is InChI=1S/C14H21N3O3/c1-14(10-4-5-10)9-20-7-6-17(14)12(18)11-8-15(2)13(19)16(11)3/h8,10H,4-7,9H2,1-3H3. The number of amides is 1. The number of aryl methyl sites for hydroxylation is 1. The highest BCUT2D eigenvalue weighted by atomic mass is 16.5. The van der Waals surface area contributed by atoms with E-state index in [4.69, 9.17) is 4.74 Å². The molecule has 1 aliphatic carbocycles. The minimum Gasteiger partial charge on any atom is -0.377 e. The lowest BCUT2D eigenvalue weighted by molar-refractivity contribution is -0.0551. The van der Waals surface area contributed by atoms with Gasteiger partial charge in [0.2, 0.25) is 0 Å². The average molecular weight is 279 g/mol. The summed E-state index contributed by atoms with van der Waals surface area (Å²) in [6.45, 7) is 3.84. The van der Waals surface area contributed by atoms with Crippen LogP contribution in [0.1, 0.15) is 30.3 Å². The van der Waals surface area contributed by atoms with Gasteiger partial charge in [0.25, 0.3) is 5.91 Å². The molecule has 2 heterocycles. The maximum Gasteiger partial charge on any atom is 0.328 e. The van der Waals surface area contributed by atoms with Gasteiger partial charge in [-0.3, -0.25) is 9.36 Å². The number of morpholine rings is 1. The Bertz CT molecular complexity index is 599. The Balaban J connectivity index is 1.95. The van der Waals surface area contributed by atoms with Crippen LogP contribution in [0.15, 0.2) is 11.0 Å². The summed E-state index contributed by atoms with van der Waals surface area (Å²) in [7, 11) is 3.31. The second-order valence-electron chi connectivity index (χ2n) is 6.11. The molecule has 1 aliphatic heterocycles. The van der Waals surface area contributed by atoms with Crippen LogP contribution in [0.25, 0.3) is 0 Å². The molecule has 2 fully saturated rings. The highest BCUT2D eigenvalue weighted by Crippen LogP contribution is 2.44. The first kappa shape index (κ1) is 13.4. The lowest BCUT2D eigenvalue weighted by Gasteiger charge is -2.45. The van der Waals surface area contributed by atoms with E-state index in [1.165, 1.54) is 9.13 Å². The molecule has 0 aromatic carbocycles. The Hall–Kier alpha value is -1.56. The molecule has 1 saturated carbocycles. The van der Waals surface area contributed by atoms with E-state index < -0.39 is 0 Å². The summed E-state index contributed by atoms with van der Waals surface area (Å²) >= 11 is 0. The summed E-state index contributed by atoms with van der Waals surface area (Å²) in [6, 6.07) is 0. The van der Waals surface area contributed by atoms with Crippen molar-refractivity contribution in [1.82, 2.24) is 14.0 Å². The van der Waals surface area contributed by atoms with Crippen LogP contribution in [0, 0.1) is 5.92 Å². The molecule has 2 aliphatic rings. The smallest absolute Gasteiger partial charge is 0.328 e. The number of carbonyl (C=O) groups is 1. The number of hydrogen-bond donors (Lipinski definition) is 0. The fraction of sp³-hybridized carbons (Fsp3) is 0.714. The highest BCUT2D eigenvalue weighted by molar-refractivity contribution is 5.93.